The Hall–Kier alpha value is -4.71. The van der Waals surface area contributed by atoms with Gasteiger partial charge in [0.1, 0.15) is 5.78 Å². The maximum Gasteiger partial charge on any atom is 0.219 e. The van der Waals surface area contributed by atoms with Crippen LogP contribution in [0.15, 0.2) is 243 Å². The van der Waals surface area contributed by atoms with E-state index in [1.807, 2.05) is 24.1 Å². The summed E-state index contributed by atoms with van der Waals surface area (Å²) in [5.41, 5.74) is 11.1. The first-order chi connectivity index (χ1) is 68.2. The number of hydrogen-bond donors (Lipinski definition) is 3. The molecule has 12 aliphatic heterocycles. The third-order valence-corrected chi connectivity index (χ3v) is 27.2. The molecular formula is C113H174B7N18O6Y4-4. The number of nitrogens with zero attached hydrogens (tertiary/aromatic N) is 15. The van der Waals surface area contributed by atoms with E-state index in [0.29, 0.717) is 36.3 Å². The Bertz CT molecular complexity index is 4490. The predicted molar refractivity (Wildman–Crippen MR) is 611 cm³/mol. The van der Waals surface area contributed by atoms with Crippen LogP contribution in [-0.2, 0) is 160 Å². The number of amides is 4. The van der Waals surface area contributed by atoms with Crippen molar-refractivity contribution < 1.29 is 164 Å². The van der Waals surface area contributed by atoms with Gasteiger partial charge < -0.3 is 69.3 Å². The molecule has 12 heterocycles. The van der Waals surface area contributed by atoms with Gasteiger partial charge in [0.25, 0.3) is 0 Å². The molecule has 0 atom stereocenters. The molecule has 20 rings (SSSR count). The number of likely N-dealkylation sites (tertiary alicyclic amines) is 5. The van der Waals surface area contributed by atoms with Crippen molar-refractivity contribution in [3.05, 3.63) is 287 Å². The Morgan fingerprint density at radius 1 is 0.324 bits per heavy atom. The number of carbonyl (C=O) groups excluding carboxylic acids is 6. The number of Topliss-reactive ketones (excluding diaryl/α,β-unsaturated/α-hetero) is 1. The summed E-state index contributed by atoms with van der Waals surface area (Å²) in [5, 5.41) is 9.97. The Labute approximate surface area is 1010 Å². The minimum Gasteiger partial charge on any atom is -0.542 e. The minimum absolute atomic E-state index is 0. The number of hydrogen-bond acceptors (Lipinski definition) is 20. The molecule has 12 saturated heterocycles. The summed E-state index contributed by atoms with van der Waals surface area (Å²) in [4.78, 5) is 95.4. The van der Waals surface area contributed by atoms with Crippen molar-refractivity contribution in [1.82, 2.24) is 89.4 Å². The molecule has 148 heavy (non-hydrogen) atoms. The number of benzene rings is 8. The third kappa shape index (κ3) is 48.6. The first-order valence-electron chi connectivity index (χ1n) is 50.7. The van der Waals surface area contributed by atoms with Gasteiger partial charge in [-0.3, -0.25) is 55.2 Å². The van der Waals surface area contributed by atoms with E-state index < -0.39 is 6.39 Å². The van der Waals surface area contributed by atoms with Crippen molar-refractivity contribution in [3.8, 4) is 0 Å². The molecule has 24 nitrogen and oxygen atoms in total. The zero-order valence-electron chi connectivity index (χ0n) is 87.3. The molecule has 12 fully saturated rings. The monoisotopic (exact) mass is 2320 g/mol. The van der Waals surface area contributed by atoms with Crippen LogP contribution in [0, 0.1) is 5.92 Å². The van der Waals surface area contributed by atoms with Gasteiger partial charge in [-0.05, 0) is 78.4 Å². The number of ketones is 1. The number of piperazine rings is 6. The molecule has 15 radical (unpaired) electrons. The van der Waals surface area contributed by atoms with Crippen LogP contribution in [0.5, 0.6) is 0 Å². The predicted octanol–water partition coefficient (Wildman–Crippen LogP) is 10.4. The van der Waals surface area contributed by atoms with Gasteiger partial charge in [-0.2, -0.15) is 26.2 Å². The Kier molecular flexibility index (Phi) is 77.3. The van der Waals surface area contributed by atoms with Crippen molar-refractivity contribution >= 4 is 89.3 Å². The van der Waals surface area contributed by atoms with Crippen LogP contribution in [-0.4, -0.2) is 443 Å². The maximum atomic E-state index is 11.0. The van der Waals surface area contributed by atoms with E-state index in [4.69, 9.17) is 7.76 Å². The van der Waals surface area contributed by atoms with E-state index >= 15 is 0 Å². The molecule has 12 aliphatic rings. The summed E-state index contributed by atoms with van der Waals surface area (Å²) < 4.78 is 10.0. The van der Waals surface area contributed by atoms with E-state index in [0.717, 1.165) is 175 Å². The fraction of sp³-hybridized carbons (Fsp3) is 0.522. The molecule has 0 spiro atoms. The average molecular weight is 2320 g/mol. The zero-order chi connectivity index (χ0) is 100. The molecule has 0 bridgehead atoms. The van der Waals surface area contributed by atoms with E-state index in [1.165, 1.54) is 163 Å². The number of nitrogens with one attached hydrogen (secondary N) is 3. The molecular weight excluding hydrogens is 2140 g/mol. The standard InChI is InChI=1S/C21H24N3O.C21H27N3.C20H25N3.C17H19N.C10H16N3O2.C8H14N3O.C5H12N2.C3H6O.C2H3O.6CH4.B4.B3.4Y.2H2/c25-17-22-11-13-23(14-12-22)20-15-24(16-20)21(18-7-3-1-4-8-18)19-9-5-2-6-10-19;1-22-12-14-23(15-13-22)20-16-24(17-20)21(18-8-4-2-5-9-18)19-10-6-3-7-11-19;1-3-7-17(8-4-1)20(18-9-5-2-6-10-18)23-15-19(16-23)22-13-11-21-12-14-22;1-14-12-18(13-14)17(15-8-4-2-5-9-15)16-10-6-3-7-11-16;1-9(15)13-6-10(7-13)12-4-2-11(8-14)3-5-12;12-7-10-1-3-11(4-2-10)8-5-9-6-8;1-7-4-2-6-3-5-7;1-3(2)4;1-2-3;;;;;;;1-4(2)3;1-3-2;;;;;;/h1-10,20-21H,11-16H2;2-11,20-21H,12-17H2,1H3;1-10,19-21H,11-16H2;2-11,14,17H,12-13H2,1H3;10H,2-7H2,1H3;8-9H,1-6H2;6H,2-5H2,1H3;1-2H3;1H3;6*1H4;;;;;;;2*1H/q-1;;;;2*-1;;;-1;;;;;;;;;;;;;;/i;;;;;;;;;;;;;;;;;;;;;1+1D;1+1. The van der Waals surface area contributed by atoms with Crippen molar-refractivity contribution in [2.45, 2.75) is 134 Å². The quantitative estimate of drug-likeness (QED) is 0.0483. The molecule has 789 valence electrons. The first-order valence-corrected chi connectivity index (χ1v) is 49.7. The van der Waals surface area contributed by atoms with Crippen molar-refractivity contribution in [2.75, 3.05) is 250 Å². The molecule has 0 aliphatic carbocycles. The van der Waals surface area contributed by atoms with Crippen LogP contribution in [0.25, 0.3) is 0 Å². The smallest absolute Gasteiger partial charge is 0.219 e. The second-order valence-electron chi connectivity index (χ2n) is 37.6. The van der Waals surface area contributed by atoms with E-state index in [-0.39, 0.29) is 189 Å². The van der Waals surface area contributed by atoms with Crippen LogP contribution in [0.2, 0.25) is 0 Å². The normalized spacial score (nSPS) is 18.3. The molecule has 0 aromatic heterocycles. The van der Waals surface area contributed by atoms with Gasteiger partial charge in [0.05, 0.1) is 24.2 Å². The molecule has 8 aromatic carbocycles. The summed E-state index contributed by atoms with van der Waals surface area (Å²) in [6.07, 6.45) is 6.71. The summed E-state index contributed by atoms with van der Waals surface area (Å²) in [6.45, 7) is 46.4. The van der Waals surface area contributed by atoms with E-state index in [2.05, 4.69) is 372 Å². The van der Waals surface area contributed by atoms with Gasteiger partial charge >= 0.3 is 0 Å². The van der Waals surface area contributed by atoms with Gasteiger partial charge in [0.15, 0.2) is 0 Å². The second-order valence-corrected chi connectivity index (χ2v) is 37.6. The fourth-order valence-corrected chi connectivity index (χ4v) is 19.3. The van der Waals surface area contributed by atoms with Crippen LogP contribution < -0.4 is 16.0 Å². The van der Waals surface area contributed by atoms with Gasteiger partial charge in [-0.25, -0.2) is 0 Å². The van der Waals surface area contributed by atoms with Crippen LogP contribution in [0.3, 0.4) is 0 Å². The van der Waals surface area contributed by atoms with E-state index in [9.17, 15) is 24.0 Å². The van der Waals surface area contributed by atoms with Gasteiger partial charge in [0, 0.05) is 460 Å². The summed E-state index contributed by atoms with van der Waals surface area (Å²) in [5.74, 6) is 1.16. The Morgan fingerprint density at radius 2 is 0.507 bits per heavy atom. The van der Waals surface area contributed by atoms with E-state index in [1.54, 1.807) is 21.6 Å². The summed E-state index contributed by atoms with van der Waals surface area (Å²) >= 11 is 0. The molecule has 8 aromatic rings. The SMILES string of the molecule is C.C.C.C.C.C.CC(=O)N1CC(N2CCN([C-]=O)CC2)C1.CC(C)=O.CC1CN(C(c2ccccc2)c2ccccc2)C1.CN1CCN(C2CN(C(c3ccccc3)c3ccccc3)C2)CC1.CN1CCNCC1.C[C-]=O.O=[C-]N1CCN(C2CN(C(c3ccccc3)c3ccccc3)C2)CC1.O=[C-]N1CCN(C2CNC2)CC1.[2HH].[2H][2H].[B]B([B])[B].[B][B][B].[Y].[Y].[Y].[Y].c1ccc(C(c2ccccc2)N2CC(N3CCNCC3)C2)cc1. The largest absolute Gasteiger partial charge is 0.542 e. The average Bonchev–Trinajstić information content (AvgIpc) is 0.781. The van der Waals surface area contributed by atoms with Crippen molar-refractivity contribution in [1.29, 1.82) is 0 Å². The molecule has 3 N–H and O–H groups in total. The van der Waals surface area contributed by atoms with Gasteiger partial charge in [0.2, 0.25) is 5.91 Å². The number of rotatable bonds is 20. The van der Waals surface area contributed by atoms with Gasteiger partial charge in [-0.1, -0.05) is 294 Å². The molecule has 4 amide bonds. The molecule has 0 saturated carbocycles. The third-order valence-electron chi connectivity index (χ3n) is 27.2. The second kappa shape index (κ2) is 81.0. The van der Waals surface area contributed by atoms with Crippen molar-refractivity contribution in [2.24, 2.45) is 5.92 Å². The summed E-state index contributed by atoms with van der Waals surface area (Å²) in [7, 11) is 28.4. The van der Waals surface area contributed by atoms with Crippen LogP contribution in [0.1, 0.15) is 152 Å². The van der Waals surface area contributed by atoms with Crippen molar-refractivity contribution in [3.63, 3.8) is 0 Å². The number of likely N-dealkylation sites (N-methyl/N-ethyl adjacent to an activating group) is 2. The van der Waals surface area contributed by atoms with Gasteiger partial charge in [-0.15, -0.1) is 0 Å². The van der Waals surface area contributed by atoms with Crippen LogP contribution >= 0.6 is 0 Å². The first kappa shape index (κ1) is 141. The maximum absolute atomic E-state index is 11.0. The summed E-state index contributed by atoms with van der Waals surface area (Å²) in [6, 6.07) is 91.7. The Balaban J connectivity index is -0.00000166. The van der Waals surface area contributed by atoms with Crippen LogP contribution in [0.4, 0.5) is 0 Å². The zero-order valence-corrected chi connectivity index (χ0v) is 96.7. The fourth-order valence-electron chi connectivity index (χ4n) is 19.3. The Morgan fingerprint density at radius 3 is 0.689 bits per heavy atom. The topological polar surface area (TPSA) is 187 Å². The number of carbonyl (C=O) groups is 2. The molecule has 0 unspecified atom stereocenters. The molecule has 35 heteroatoms. The minimum atomic E-state index is -0.667.